The number of piperazine rings is 1. The van der Waals surface area contributed by atoms with Gasteiger partial charge in [0.2, 0.25) is 0 Å². The minimum Gasteiger partial charge on any atom is -0.489 e. The Bertz CT molecular complexity index is 1010. The molecule has 3 aliphatic heterocycles. The van der Waals surface area contributed by atoms with Gasteiger partial charge in [0.15, 0.2) is 10.9 Å². The number of pyridine rings is 2. The highest BCUT2D eigenvalue weighted by Crippen LogP contribution is 2.42. The van der Waals surface area contributed by atoms with Gasteiger partial charge < -0.3 is 14.4 Å². The maximum Gasteiger partial charge on any atom is 0.410 e. The van der Waals surface area contributed by atoms with E-state index in [9.17, 15) is 4.79 Å². The van der Waals surface area contributed by atoms with Gasteiger partial charge >= 0.3 is 6.09 Å². The molecule has 0 saturated carbocycles. The molecule has 2 fully saturated rings. The zero-order valence-corrected chi connectivity index (χ0v) is 18.6. The van der Waals surface area contributed by atoms with Crippen molar-refractivity contribution in [2.75, 3.05) is 24.6 Å². The first-order chi connectivity index (χ1) is 14.2. The Morgan fingerprint density at radius 1 is 1.27 bits per heavy atom. The van der Waals surface area contributed by atoms with Crippen LogP contribution in [0.5, 0.6) is 5.75 Å². The highest BCUT2D eigenvalue weighted by Gasteiger charge is 2.45. The van der Waals surface area contributed by atoms with E-state index in [1.165, 1.54) is 5.56 Å². The van der Waals surface area contributed by atoms with Crippen molar-refractivity contribution in [1.29, 1.82) is 0 Å². The number of aromatic nitrogens is 2. The number of nitrogens with zero attached hydrogens (tertiary/aromatic N) is 4. The number of hydrogen-bond acceptors (Lipinski definition) is 6. The topological polar surface area (TPSA) is 67.8 Å². The second-order valence-electron chi connectivity index (χ2n) is 9.44. The molecule has 0 aromatic carbocycles. The Kier molecular flexibility index (Phi) is 4.51. The van der Waals surface area contributed by atoms with Crippen LogP contribution in [0.2, 0.25) is 5.15 Å². The second kappa shape index (κ2) is 6.87. The van der Waals surface area contributed by atoms with Crippen LogP contribution in [-0.2, 0) is 11.2 Å². The van der Waals surface area contributed by atoms with E-state index in [0.29, 0.717) is 17.5 Å². The number of rotatable bonds is 1. The summed E-state index contributed by atoms with van der Waals surface area (Å²) in [4.78, 5) is 26.4. The first kappa shape index (κ1) is 19.7. The molecule has 2 aromatic heterocycles. The number of halogens is 1. The minimum absolute atomic E-state index is 0.124. The highest BCUT2D eigenvalue weighted by molar-refractivity contribution is 6.32. The zero-order valence-electron chi connectivity index (χ0n) is 17.9. The van der Waals surface area contributed by atoms with E-state index in [1.54, 1.807) is 0 Å². The Hall–Kier alpha value is -2.28. The van der Waals surface area contributed by atoms with Gasteiger partial charge in [-0.2, -0.15) is 0 Å². The largest absolute Gasteiger partial charge is 0.489 e. The number of anilines is 1. The number of hydrogen-bond donors (Lipinski definition) is 0. The number of carbonyl (C=O) groups excluding carboxylic acids is 1. The second-order valence-corrected chi connectivity index (χ2v) is 9.80. The van der Waals surface area contributed by atoms with Crippen LogP contribution in [0.1, 0.15) is 44.9 Å². The fraction of sp³-hybridized carbons (Fsp3) is 0.591. The standard InChI is InChI=1S/C22H27ClN4O3/c1-12-15-7-8-29-18-17(15)16(9-24-19(18)23)20(25-12)26-10-13-5-6-14(11-26)27(13)21(28)30-22(2,3)4/h9,13-14H,5-8,10-11H2,1-4H3/t13-,14+. The molecular weight excluding hydrogens is 404 g/mol. The van der Waals surface area contributed by atoms with Crippen molar-refractivity contribution in [3.8, 4) is 5.75 Å². The summed E-state index contributed by atoms with van der Waals surface area (Å²) in [7, 11) is 0. The summed E-state index contributed by atoms with van der Waals surface area (Å²) in [6.07, 6.45) is 4.38. The number of aryl methyl sites for hydroxylation is 1. The van der Waals surface area contributed by atoms with Crippen molar-refractivity contribution in [3.05, 3.63) is 22.6 Å². The van der Waals surface area contributed by atoms with Gasteiger partial charge in [-0.05, 0) is 46.1 Å². The summed E-state index contributed by atoms with van der Waals surface area (Å²) < 4.78 is 11.5. The molecule has 8 heteroatoms. The van der Waals surface area contributed by atoms with Crippen molar-refractivity contribution < 1.29 is 14.3 Å². The highest BCUT2D eigenvalue weighted by atomic mass is 35.5. The summed E-state index contributed by atoms with van der Waals surface area (Å²) in [6, 6.07) is 0.249. The van der Waals surface area contributed by atoms with Crippen LogP contribution in [0.25, 0.3) is 10.8 Å². The van der Waals surface area contributed by atoms with Crippen LogP contribution >= 0.6 is 11.6 Å². The molecule has 2 atom stereocenters. The molecule has 160 valence electrons. The molecule has 7 nitrogen and oxygen atoms in total. The van der Waals surface area contributed by atoms with Gasteiger partial charge in [-0.1, -0.05) is 11.6 Å². The van der Waals surface area contributed by atoms with Crippen molar-refractivity contribution in [1.82, 2.24) is 14.9 Å². The molecule has 0 N–H and O–H groups in total. The van der Waals surface area contributed by atoms with E-state index >= 15 is 0 Å². The average Bonchev–Trinajstić information content (AvgIpc) is 2.95. The van der Waals surface area contributed by atoms with Crippen molar-refractivity contribution in [3.63, 3.8) is 0 Å². The summed E-state index contributed by atoms with van der Waals surface area (Å²) >= 11 is 6.33. The molecular formula is C22H27ClN4O3. The van der Waals surface area contributed by atoms with Crippen molar-refractivity contribution in [2.45, 2.75) is 64.6 Å². The third-order valence-corrected chi connectivity index (χ3v) is 6.50. The fourth-order valence-electron chi connectivity index (χ4n) is 5.03. The third kappa shape index (κ3) is 3.14. The Morgan fingerprint density at radius 3 is 2.63 bits per heavy atom. The van der Waals surface area contributed by atoms with E-state index in [4.69, 9.17) is 26.1 Å². The molecule has 2 saturated heterocycles. The maximum atomic E-state index is 12.8. The normalized spacial score (nSPS) is 23.0. The summed E-state index contributed by atoms with van der Waals surface area (Å²) in [5.41, 5.74) is 1.70. The monoisotopic (exact) mass is 430 g/mol. The molecule has 0 aliphatic carbocycles. The van der Waals surface area contributed by atoms with Crippen LogP contribution in [0.4, 0.5) is 10.6 Å². The molecule has 1 amide bonds. The van der Waals surface area contributed by atoms with Gasteiger partial charge in [0.1, 0.15) is 11.4 Å². The molecule has 30 heavy (non-hydrogen) atoms. The van der Waals surface area contributed by atoms with Gasteiger partial charge in [0.05, 0.1) is 18.7 Å². The fourth-order valence-corrected chi connectivity index (χ4v) is 5.23. The van der Waals surface area contributed by atoms with Crippen LogP contribution in [0.3, 0.4) is 0 Å². The molecule has 5 heterocycles. The van der Waals surface area contributed by atoms with Crippen molar-refractivity contribution >= 4 is 34.3 Å². The van der Waals surface area contributed by atoms with Crippen LogP contribution < -0.4 is 9.64 Å². The average molecular weight is 431 g/mol. The summed E-state index contributed by atoms with van der Waals surface area (Å²) in [5, 5.41) is 2.40. The zero-order chi connectivity index (χ0) is 21.2. The van der Waals surface area contributed by atoms with Gasteiger partial charge in [0, 0.05) is 42.2 Å². The van der Waals surface area contributed by atoms with Crippen LogP contribution in [0.15, 0.2) is 6.20 Å². The van der Waals surface area contributed by atoms with E-state index in [-0.39, 0.29) is 18.2 Å². The van der Waals surface area contributed by atoms with Crippen LogP contribution in [-0.4, -0.2) is 58.3 Å². The van der Waals surface area contributed by atoms with E-state index < -0.39 is 5.60 Å². The SMILES string of the molecule is Cc1nc(N2C[C@H]3CC[C@@H](C2)N3C(=O)OC(C)(C)C)c2cnc(Cl)c3c2c1CCO3. The third-order valence-electron chi connectivity index (χ3n) is 6.23. The van der Waals surface area contributed by atoms with Gasteiger partial charge in [-0.3, -0.25) is 4.90 Å². The van der Waals surface area contributed by atoms with Gasteiger partial charge in [0.25, 0.3) is 0 Å². The predicted molar refractivity (Wildman–Crippen MR) is 116 cm³/mol. The lowest BCUT2D eigenvalue weighted by Gasteiger charge is -2.42. The molecule has 0 unspecified atom stereocenters. The Morgan fingerprint density at radius 2 is 1.97 bits per heavy atom. The quantitative estimate of drug-likeness (QED) is 0.634. The molecule has 5 rings (SSSR count). The Labute approximate surface area is 181 Å². The molecule has 0 radical (unpaired) electrons. The van der Waals surface area contributed by atoms with Gasteiger partial charge in [-0.25, -0.2) is 14.8 Å². The molecule has 3 aliphatic rings. The lowest BCUT2D eigenvalue weighted by molar-refractivity contribution is 0.0123. The smallest absolute Gasteiger partial charge is 0.410 e. The minimum atomic E-state index is -0.493. The first-order valence-electron chi connectivity index (χ1n) is 10.6. The summed E-state index contributed by atoms with van der Waals surface area (Å²) in [6.45, 7) is 9.83. The Balaban J connectivity index is 1.50. The number of carbonyl (C=O) groups is 1. The van der Waals surface area contributed by atoms with Gasteiger partial charge in [-0.15, -0.1) is 0 Å². The summed E-state index contributed by atoms with van der Waals surface area (Å²) in [5.74, 6) is 1.57. The lowest BCUT2D eigenvalue weighted by atomic mass is 10.00. The number of amides is 1. The lowest BCUT2D eigenvalue weighted by Crippen LogP contribution is -2.57. The van der Waals surface area contributed by atoms with E-state index in [1.807, 2.05) is 38.8 Å². The van der Waals surface area contributed by atoms with Crippen LogP contribution in [0, 0.1) is 6.92 Å². The van der Waals surface area contributed by atoms with E-state index in [0.717, 1.165) is 54.6 Å². The van der Waals surface area contributed by atoms with E-state index in [2.05, 4.69) is 9.88 Å². The first-order valence-corrected chi connectivity index (χ1v) is 11.0. The maximum absolute atomic E-state index is 12.8. The molecule has 2 aromatic rings. The van der Waals surface area contributed by atoms with Crippen molar-refractivity contribution in [2.24, 2.45) is 0 Å². The number of ether oxygens (including phenoxy) is 2. The predicted octanol–water partition coefficient (Wildman–Crippen LogP) is 4.11. The molecule has 2 bridgehead atoms. The molecule has 0 spiro atoms. The number of fused-ring (bicyclic) bond motifs is 2.